The van der Waals surface area contributed by atoms with Crippen LogP contribution in [0.4, 0.5) is 11.4 Å². The third-order valence-electron chi connectivity index (χ3n) is 2.53. The smallest absolute Gasteiger partial charge is 0.248 e. The average Bonchev–Trinajstić information content (AvgIpc) is 2.58. The lowest BCUT2D eigenvalue weighted by Crippen LogP contribution is -2.10. The van der Waals surface area contributed by atoms with Gasteiger partial charge in [-0.1, -0.05) is 0 Å². The fraction of sp³-hybridized carbons (Fsp3) is 0.125. The Bertz CT molecular complexity index is 569. The normalized spacial score (nSPS) is 8.50. The largest absolute Gasteiger partial charge is 0.399 e. The van der Waals surface area contributed by atoms with Crippen molar-refractivity contribution in [2.75, 3.05) is 24.4 Å². The number of rotatable bonds is 3. The Morgan fingerprint density at radius 3 is 1.91 bits per heavy atom. The average molecular weight is 319 g/mol. The van der Waals surface area contributed by atoms with E-state index in [9.17, 15) is 9.59 Å². The number of hydrogen-bond acceptors (Lipinski definition) is 5. The summed E-state index contributed by atoms with van der Waals surface area (Å²) in [5, 5.41) is 2.94. The van der Waals surface area contributed by atoms with Crippen LogP contribution in [0.25, 0.3) is 0 Å². The van der Waals surface area contributed by atoms with Crippen molar-refractivity contribution in [3.8, 4) is 0 Å². The van der Waals surface area contributed by atoms with E-state index in [0.29, 0.717) is 16.8 Å². The van der Waals surface area contributed by atoms with E-state index >= 15 is 0 Å². The maximum Gasteiger partial charge on any atom is 0.248 e. The standard InChI is InChI=1S/C8H10N2O.C7H7NO.CH4S/c1-10-7-4-2-6(3-5-7)8(9)11;8-7-3-1-6(5-9)2-4-7;1-2/h2-5,10H,1H3,(H2,9,11);1-5H,8H2;2H,1H3. The highest BCUT2D eigenvalue weighted by molar-refractivity contribution is 7.79. The number of anilines is 2. The number of nitrogens with one attached hydrogen (secondary N) is 1. The second-order valence-corrected chi connectivity index (χ2v) is 3.98. The maximum atomic E-state index is 10.6. The molecule has 1 amide bonds. The van der Waals surface area contributed by atoms with Crippen LogP contribution in [0, 0.1) is 0 Å². The van der Waals surface area contributed by atoms with Gasteiger partial charge in [0.25, 0.3) is 0 Å². The van der Waals surface area contributed by atoms with Crippen LogP contribution in [-0.4, -0.2) is 25.5 Å². The van der Waals surface area contributed by atoms with Crippen LogP contribution in [0.3, 0.4) is 0 Å². The van der Waals surface area contributed by atoms with Crippen LogP contribution in [0.15, 0.2) is 48.5 Å². The molecule has 0 bridgehead atoms. The van der Waals surface area contributed by atoms with E-state index in [2.05, 4.69) is 17.9 Å². The van der Waals surface area contributed by atoms with Gasteiger partial charge in [-0.2, -0.15) is 12.6 Å². The topological polar surface area (TPSA) is 98.2 Å². The first-order valence-electron chi connectivity index (χ1n) is 6.40. The Morgan fingerprint density at radius 2 is 1.55 bits per heavy atom. The van der Waals surface area contributed by atoms with Crippen LogP contribution >= 0.6 is 12.6 Å². The lowest BCUT2D eigenvalue weighted by atomic mass is 10.2. The first kappa shape index (κ1) is 19.5. The number of aldehydes is 1. The molecule has 0 aliphatic rings. The molecular weight excluding hydrogens is 298 g/mol. The summed E-state index contributed by atoms with van der Waals surface area (Å²) in [5.41, 5.74) is 13.2. The first-order valence-corrected chi connectivity index (χ1v) is 7.29. The Morgan fingerprint density at radius 1 is 1.05 bits per heavy atom. The Hall–Kier alpha value is -2.47. The molecule has 0 saturated heterocycles. The van der Waals surface area contributed by atoms with Gasteiger partial charge in [-0.15, -0.1) is 0 Å². The summed E-state index contributed by atoms with van der Waals surface area (Å²) in [6.45, 7) is 0. The molecule has 0 aromatic heterocycles. The van der Waals surface area contributed by atoms with Gasteiger partial charge >= 0.3 is 0 Å². The van der Waals surface area contributed by atoms with Gasteiger partial charge in [0.05, 0.1) is 0 Å². The van der Waals surface area contributed by atoms with Crippen molar-refractivity contribution in [3.05, 3.63) is 59.7 Å². The molecule has 0 atom stereocenters. The number of hydrogen-bond donors (Lipinski definition) is 4. The molecule has 0 unspecified atom stereocenters. The van der Waals surface area contributed by atoms with Crippen molar-refractivity contribution in [3.63, 3.8) is 0 Å². The molecule has 0 saturated carbocycles. The van der Waals surface area contributed by atoms with Crippen LogP contribution in [0.1, 0.15) is 20.7 Å². The molecule has 6 heteroatoms. The Kier molecular flexibility index (Phi) is 9.96. The minimum atomic E-state index is -0.396. The predicted molar refractivity (Wildman–Crippen MR) is 95.7 cm³/mol. The minimum Gasteiger partial charge on any atom is -0.399 e. The number of benzene rings is 2. The lowest BCUT2D eigenvalue weighted by Gasteiger charge is -1.99. The molecule has 0 aliphatic heterocycles. The van der Waals surface area contributed by atoms with Gasteiger partial charge < -0.3 is 16.8 Å². The third kappa shape index (κ3) is 7.35. The van der Waals surface area contributed by atoms with E-state index < -0.39 is 5.91 Å². The molecule has 0 spiro atoms. The fourth-order valence-electron chi connectivity index (χ4n) is 1.38. The quantitative estimate of drug-likeness (QED) is 0.397. The monoisotopic (exact) mass is 319 g/mol. The van der Waals surface area contributed by atoms with Gasteiger partial charge in [0.2, 0.25) is 5.91 Å². The Labute approximate surface area is 136 Å². The molecule has 118 valence electrons. The van der Waals surface area contributed by atoms with Gasteiger partial charge in [-0.25, -0.2) is 0 Å². The van der Waals surface area contributed by atoms with Crippen molar-refractivity contribution in [1.82, 2.24) is 0 Å². The van der Waals surface area contributed by atoms with E-state index in [1.165, 1.54) is 0 Å². The molecular formula is C16H21N3O2S. The minimum absolute atomic E-state index is 0.396. The zero-order valence-corrected chi connectivity index (χ0v) is 13.5. The van der Waals surface area contributed by atoms with Gasteiger partial charge in [-0.05, 0) is 54.8 Å². The number of amides is 1. The Balaban J connectivity index is 0.000000366. The summed E-state index contributed by atoms with van der Waals surface area (Å²) in [6.07, 6.45) is 2.49. The second kappa shape index (κ2) is 11.2. The SMILES string of the molecule is CNc1ccc(C(N)=O)cc1.CS.Nc1ccc(C=O)cc1. The summed E-state index contributed by atoms with van der Waals surface area (Å²) in [7, 11) is 1.82. The number of carbonyl (C=O) groups excluding carboxylic acids is 2. The zero-order valence-electron chi connectivity index (χ0n) is 12.6. The van der Waals surface area contributed by atoms with Crippen molar-refractivity contribution >= 4 is 36.2 Å². The molecule has 22 heavy (non-hydrogen) atoms. The van der Waals surface area contributed by atoms with E-state index in [1.807, 2.05) is 7.05 Å². The highest BCUT2D eigenvalue weighted by atomic mass is 32.1. The van der Waals surface area contributed by atoms with Crippen molar-refractivity contribution < 1.29 is 9.59 Å². The highest BCUT2D eigenvalue weighted by Gasteiger charge is 1.97. The third-order valence-corrected chi connectivity index (χ3v) is 2.53. The number of carbonyl (C=O) groups is 2. The number of thiol groups is 1. The van der Waals surface area contributed by atoms with Gasteiger partial charge in [0, 0.05) is 29.5 Å². The summed E-state index contributed by atoms with van der Waals surface area (Å²) in [5.74, 6) is -0.396. The molecule has 0 radical (unpaired) electrons. The highest BCUT2D eigenvalue weighted by Crippen LogP contribution is 2.07. The molecule has 0 aliphatic carbocycles. The number of nitrogens with two attached hydrogens (primary N) is 2. The first-order chi connectivity index (χ1) is 10.6. The number of primary amides is 1. The van der Waals surface area contributed by atoms with Crippen LogP contribution in [0.5, 0.6) is 0 Å². The maximum absolute atomic E-state index is 10.6. The van der Waals surface area contributed by atoms with Crippen molar-refractivity contribution in [2.45, 2.75) is 0 Å². The number of nitrogen functional groups attached to an aromatic ring is 1. The molecule has 0 fully saturated rings. The van der Waals surface area contributed by atoms with Gasteiger partial charge in [-0.3, -0.25) is 9.59 Å². The molecule has 2 rings (SSSR count). The van der Waals surface area contributed by atoms with E-state index in [0.717, 1.165) is 12.0 Å². The summed E-state index contributed by atoms with van der Waals surface area (Å²) < 4.78 is 0. The van der Waals surface area contributed by atoms with E-state index in [1.54, 1.807) is 54.8 Å². The zero-order chi connectivity index (χ0) is 17.0. The molecule has 0 heterocycles. The van der Waals surface area contributed by atoms with Crippen LogP contribution < -0.4 is 16.8 Å². The molecule has 5 N–H and O–H groups in total. The summed E-state index contributed by atoms with van der Waals surface area (Å²) in [6, 6.07) is 13.8. The predicted octanol–water partition coefficient (Wildman–Crippen LogP) is 2.45. The summed E-state index contributed by atoms with van der Waals surface area (Å²) >= 11 is 3.53. The van der Waals surface area contributed by atoms with Gasteiger partial charge in [0.15, 0.2) is 0 Å². The fourth-order valence-corrected chi connectivity index (χ4v) is 1.38. The molecule has 5 nitrogen and oxygen atoms in total. The molecule has 2 aromatic rings. The van der Waals surface area contributed by atoms with Crippen LogP contribution in [0.2, 0.25) is 0 Å². The lowest BCUT2D eigenvalue weighted by molar-refractivity contribution is 0.1000. The van der Waals surface area contributed by atoms with Crippen LogP contribution in [-0.2, 0) is 0 Å². The second-order valence-electron chi connectivity index (χ2n) is 3.98. The van der Waals surface area contributed by atoms with Gasteiger partial charge in [0.1, 0.15) is 6.29 Å². The molecule has 2 aromatic carbocycles. The van der Waals surface area contributed by atoms with Crippen molar-refractivity contribution in [1.29, 1.82) is 0 Å². The van der Waals surface area contributed by atoms with E-state index in [-0.39, 0.29) is 0 Å². The van der Waals surface area contributed by atoms with E-state index in [4.69, 9.17) is 11.5 Å². The summed E-state index contributed by atoms with van der Waals surface area (Å²) in [4.78, 5) is 20.7. The van der Waals surface area contributed by atoms with Crippen molar-refractivity contribution in [2.24, 2.45) is 5.73 Å².